The Morgan fingerprint density at radius 2 is 1.69 bits per heavy atom. The molecule has 0 radical (unpaired) electrons. The first kappa shape index (κ1) is 24.2. The molecular weight excluding hydrogens is 470 g/mol. The van der Waals surface area contributed by atoms with Gasteiger partial charge in [0.25, 0.3) is 0 Å². The molecule has 1 atom stereocenters. The zero-order chi connectivity index (χ0) is 24.8. The maximum Gasteiger partial charge on any atom is 0.407 e. The zero-order valence-corrected chi connectivity index (χ0v) is 19.5. The van der Waals surface area contributed by atoms with Gasteiger partial charge in [0.2, 0.25) is 5.91 Å². The summed E-state index contributed by atoms with van der Waals surface area (Å²) in [5.74, 6) is -1.74. The first-order chi connectivity index (χ1) is 16.9. The smallest absolute Gasteiger partial charge is 0.407 e. The molecule has 0 spiro atoms. The Kier molecular flexibility index (Phi) is 7.62. The van der Waals surface area contributed by atoms with E-state index in [0.29, 0.717) is 10.6 Å². The number of halogens is 1. The van der Waals surface area contributed by atoms with Crippen molar-refractivity contribution in [3.63, 3.8) is 0 Å². The van der Waals surface area contributed by atoms with Crippen LogP contribution in [-0.2, 0) is 20.9 Å². The van der Waals surface area contributed by atoms with Crippen LogP contribution in [0.1, 0.15) is 35.4 Å². The summed E-state index contributed by atoms with van der Waals surface area (Å²) in [4.78, 5) is 40.3. The van der Waals surface area contributed by atoms with Crippen molar-refractivity contribution in [2.45, 2.75) is 31.3 Å². The average Bonchev–Trinajstić information content (AvgIpc) is 3.18. The molecule has 1 aliphatic carbocycles. The largest absolute Gasteiger partial charge is 0.481 e. The van der Waals surface area contributed by atoms with Gasteiger partial charge < -0.3 is 20.5 Å². The molecule has 0 aliphatic heterocycles. The van der Waals surface area contributed by atoms with Crippen molar-refractivity contribution in [2.24, 2.45) is 0 Å². The summed E-state index contributed by atoms with van der Waals surface area (Å²) >= 11 is 6.07. The number of carbonyl (C=O) groups is 3. The lowest BCUT2D eigenvalue weighted by atomic mass is 9.98. The van der Waals surface area contributed by atoms with Crippen LogP contribution < -0.4 is 10.6 Å². The second-order valence-corrected chi connectivity index (χ2v) is 8.55. The van der Waals surface area contributed by atoms with Gasteiger partial charge in [-0.3, -0.25) is 14.6 Å². The molecule has 0 bridgehead atoms. The predicted octanol–water partition coefficient (Wildman–Crippen LogP) is 4.12. The fourth-order valence-corrected chi connectivity index (χ4v) is 4.36. The molecule has 1 aromatic heterocycles. The van der Waals surface area contributed by atoms with Crippen LogP contribution in [0.25, 0.3) is 11.1 Å². The van der Waals surface area contributed by atoms with E-state index in [9.17, 15) is 14.4 Å². The highest BCUT2D eigenvalue weighted by Crippen LogP contribution is 2.44. The molecule has 3 N–H and O–H groups in total. The molecule has 35 heavy (non-hydrogen) atoms. The summed E-state index contributed by atoms with van der Waals surface area (Å²) in [5.41, 5.74) is 4.98. The van der Waals surface area contributed by atoms with E-state index in [1.807, 2.05) is 48.5 Å². The van der Waals surface area contributed by atoms with Crippen molar-refractivity contribution in [2.75, 3.05) is 6.61 Å². The summed E-state index contributed by atoms with van der Waals surface area (Å²) in [6, 6.07) is 16.5. The summed E-state index contributed by atoms with van der Waals surface area (Å²) in [6.45, 7) is 0.190. The minimum absolute atomic E-state index is 0.0831. The number of carboxylic acids is 1. The number of ether oxygens (including phenoxy) is 1. The number of nitrogens with one attached hydrogen (secondary N) is 2. The number of fused-ring (bicyclic) bond motifs is 3. The van der Waals surface area contributed by atoms with Crippen molar-refractivity contribution in [3.8, 4) is 11.1 Å². The summed E-state index contributed by atoms with van der Waals surface area (Å²) in [5, 5.41) is 14.6. The minimum atomic E-state index is -1.08. The highest BCUT2D eigenvalue weighted by Gasteiger charge is 2.30. The third kappa shape index (κ3) is 5.78. The van der Waals surface area contributed by atoms with Crippen LogP contribution in [0.2, 0.25) is 5.02 Å². The first-order valence-corrected chi connectivity index (χ1v) is 11.5. The minimum Gasteiger partial charge on any atom is -0.481 e. The van der Waals surface area contributed by atoms with Gasteiger partial charge in [0.1, 0.15) is 12.6 Å². The summed E-state index contributed by atoms with van der Waals surface area (Å²) < 4.78 is 5.50. The third-order valence-corrected chi connectivity index (χ3v) is 6.25. The molecule has 1 heterocycles. The summed E-state index contributed by atoms with van der Waals surface area (Å²) in [6.07, 6.45) is 1.83. The lowest BCUT2D eigenvalue weighted by Gasteiger charge is -2.19. The molecular formula is C26H24ClN3O5. The number of nitrogens with zero attached hydrogens (tertiary/aromatic N) is 1. The molecule has 2 amide bonds. The van der Waals surface area contributed by atoms with Crippen molar-refractivity contribution < 1.29 is 24.2 Å². The van der Waals surface area contributed by atoms with Gasteiger partial charge in [-0.1, -0.05) is 60.1 Å². The number of hydrogen-bond donors (Lipinski definition) is 3. The quantitative estimate of drug-likeness (QED) is 0.412. The second kappa shape index (κ2) is 11.0. The Morgan fingerprint density at radius 1 is 1.03 bits per heavy atom. The van der Waals surface area contributed by atoms with Crippen LogP contribution in [0, 0.1) is 0 Å². The van der Waals surface area contributed by atoms with Crippen LogP contribution >= 0.6 is 11.6 Å². The molecule has 4 rings (SSSR count). The Labute approximate surface area is 207 Å². The highest BCUT2D eigenvalue weighted by atomic mass is 35.5. The number of aliphatic carboxylic acids is 1. The molecule has 9 heteroatoms. The SMILES string of the molecule is O=C(O)CCC(NC(=O)OCC1c2ccccc2-c2ccccc21)C(=O)NCc1ccncc1Cl. The van der Waals surface area contributed by atoms with E-state index >= 15 is 0 Å². The average molecular weight is 494 g/mol. The van der Waals surface area contributed by atoms with Gasteiger partial charge >= 0.3 is 12.1 Å². The predicted molar refractivity (Wildman–Crippen MR) is 130 cm³/mol. The molecule has 1 aliphatic rings. The highest BCUT2D eigenvalue weighted by molar-refractivity contribution is 6.31. The van der Waals surface area contributed by atoms with Crippen LogP contribution in [-0.4, -0.2) is 40.7 Å². The maximum absolute atomic E-state index is 12.7. The van der Waals surface area contributed by atoms with E-state index in [2.05, 4.69) is 15.6 Å². The third-order valence-electron chi connectivity index (χ3n) is 5.91. The number of amides is 2. The van der Waals surface area contributed by atoms with Gasteiger partial charge in [0.15, 0.2) is 0 Å². The number of hydrogen-bond acceptors (Lipinski definition) is 5. The van der Waals surface area contributed by atoms with Gasteiger partial charge in [-0.25, -0.2) is 4.79 Å². The fraction of sp³-hybridized carbons (Fsp3) is 0.231. The summed E-state index contributed by atoms with van der Waals surface area (Å²) in [7, 11) is 0. The second-order valence-electron chi connectivity index (χ2n) is 8.14. The molecule has 2 aromatic carbocycles. The standard InChI is InChI=1S/C26H24ClN3O5/c27-22-14-28-12-11-16(22)13-29-25(33)23(9-10-24(31)32)30-26(34)35-15-21-19-7-3-1-5-17(19)18-6-2-4-8-20(18)21/h1-8,11-12,14,21,23H,9-10,13,15H2,(H,29,33)(H,30,34)(H,31,32). The van der Waals surface area contributed by atoms with Crippen molar-refractivity contribution in [3.05, 3.63) is 88.7 Å². The Hall–Kier alpha value is -3.91. The van der Waals surface area contributed by atoms with Gasteiger partial charge in [0, 0.05) is 31.3 Å². The van der Waals surface area contributed by atoms with Crippen LogP contribution in [0.3, 0.4) is 0 Å². The van der Waals surface area contributed by atoms with E-state index in [0.717, 1.165) is 22.3 Å². The lowest BCUT2D eigenvalue weighted by molar-refractivity contribution is -0.137. The van der Waals surface area contributed by atoms with Crippen molar-refractivity contribution in [1.82, 2.24) is 15.6 Å². The van der Waals surface area contributed by atoms with E-state index in [4.69, 9.17) is 21.4 Å². The monoisotopic (exact) mass is 493 g/mol. The number of benzene rings is 2. The number of aromatic nitrogens is 1. The molecule has 0 fully saturated rings. The lowest BCUT2D eigenvalue weighted by Crippen LogP contribution is -2.47. The fourth-order valence-electron chi connectivity index (χ4n) is 4.17. The van der Waals surface area contributed by atoms with E-state index < -0.39 is 24.0 Å². The number of carbonyl (C=O) groups excluding carboxylic acids is 2. The van der Waals surface area contributed by atoms with Gasteiger partial charge in [-0.15, -0.1) is 0 Å². The number of rotatable bonds is 9. The zero-order valence-electron chi connectivity index (χ0n) is 18.7. The Balaban J connectivity index is 1.39. The normalized spacial score (nSPS) is 12.8. The number of alkyl carbamates (subject to hydrolysis) is 1. The van der Waals surface area contributed by atoms with E-state index in [1.54, 1.807) is 12.3 Å². The van der Waals surface area contributed by atoms with Crippen LogP contribution in [0.4, 0.5) is 4.79 Å². The molecule has 8 nitrogen and oxygen atoms in total. The van der Waals surface area contributed by atoms with Gasteiger partial charge in [-0.2, -0.15) is 0 Å². The molecule has 3 aromatic rings. The molecule has 0 saturated carbocycles. The molecule has 0 saturated heterocycles. The van der Waals surface area contributed by atoms with E-state index in [1.165, 1.54) is 6.20 Å². The Morgan fingerprint density at radius 3 is 2.31 bits per heavy atom. The van der Waals surface area contributed by atoms with Crippen molar-refractivity contribution in [1.29, 1.82) is 0 Å². The number of carboxylic acid groups (broad SMARTS) is 1. The molecule has 180 valence electrons. The van der Waals surface area contributed by atoms with E-state index in [-0.39, 0.29) is 31.9 Å². The van der Waals surface area contributed by atoms with Gasteiger partial charge in [-0.05, 0) is 40.3 Å². The first-order valence-electron chi connectivity index (χ1n) is 11.1. The van der Waals surface area contributed by atoms with Crippen molar-refractivity contribution >= 4 is 29.6 Å². The number of pyridine rings is 1. The van der Waals surface area contributed by atoms with Crippen LogP contribution in [0.15, 0.2) is 67.0 Å². The van der Waals surface area contributed by atoms with Crippen LogP contribution in [0.5, 0.6) is 0 Å². The topological polar surface area (TPSA) is 118 Å². The maximum atomic E-state index is 12.7. The Bertz CT molecular complexity index is 1200. The molecule has 1 unspecified atom stereocenters. The van der Waals surface area contributed by atoms with Gasteiger partial charge in [0.05, 0.1) is 5.02 Å².